The normalized spacial score (nSPS) is 16.1. The van der Waals surface area contributed by atoms with Crippen molar-refractivity contribution >= 4 is 35.6 Å². The highest BCUT2D eigenvalue weighted by Gasteiger charge is 2.24. The van der Waals surface area contributed by atoms with E-state index >= 15 is 0 Å². The number of rotatable bonds is 5. The first-order chi connectivity index (χ1) is 12.5. The van der Waals surface area contributed by atoms with Crippen molar-refractivity contribution in [1.29, 1.82) is 0 Å². The molecule has 2 heterocycles. The smallest absolute Gasteiger partial charge is 0.191 e. The summed E-state index contributed by atoms with van der Waals surface area (Å²) in [5, 5.41) is 11.3. The number of halogens is 1. The third-order valence-corrected chi connectivity index (χ3v) is 5.31. The van der Waals surface area contributed by atoms with Gasteiger partial charge in [0.1, 0.15) is 0 Å². The molecular weight excluding hydrogens is 451 g/mol. The van der Waals surface area contributed by atoms with Gasteiger partial charge in [0.15, 0.2) is 5.96 Å². The summed E-state index contributed by atoms with van der Waals surface area (Å²) in [6.07, 6.45) is 1.13. The largest absolute Gasteiger partial charge is 0.367 e. The lowest BCUT2D eigenvalue weighted by molar-refractivity contribution is 0.656. The Balaban J connectivity index is 0.00000261. The number of hydrogen-bond acceptors (Lipinski definition) is 3. The summed E-state index contributed by atoms with van der Waals surface area (Å²) in [5.41, 5.74) is 6.30. The van der Waals surface area contributed by atoms with E-state index in [0.29, 0.717) is 6.04 Å². The zero-order chi connectivity index (χ0) is 18.7. The Labute approximate surface area is 179 Å². The van der Waals surface area contributed by atoms with E-state index in [1.807, 2.05) is 25.7 Å². The molecule has 6 nitrogen and oxygen atoms in total. The van der Waals surface area contributed by atoms with Gasteiger partial charge in [0.2, 0.25) is 0 Å². The number of hydrogen-bond donors (Lipinski definition) is 2. The van der Waals surface area contributed by atoms with Gasteiger partial charge >= 0.3 is 0 Å². The van der Waals surface area contributed by atoms with Crippen LogP contribution in [0.4, 0.5) is 5.69 Å². The van der Waals surface area contributed by atoms with Gasteiger partial charge in [0, 0.05) is 56.7 Å². The van der Waals surface area contributed by atoms with Crippen molar-refractivity contribution in [2.75, 3.05) is 25.0 Å². The van der Waals surface area contributed by atoms with Crippen molar-refractivity contribution in [2.45, 2.75) is 39.8 Å². The fraction of sp³-hybridized carbons (Fsp3) is 0.500. The van der Waals surface area contributed by atoms with Crippen LogP contribution in [0.25, 0.3) is 0 Å². The number of aromatic nitrogens is 2. The lowest BCUT2D eigenvalue weighted by Crippen LogP contribution is -2.42. The van der Waals surface area contributed by atoms with Crippen LogP contribution >= 0.6 is 24.0 Å². The highest BCUT2D eigenvalue weighted by Crippen LogP contribution is 2.31. The Morgan fingerprint density at radius 3 is 2.67 bits per heavy atom. The Kier molecular flexibility index (Phi) is 7.52. The van der Waals surface area contributed by atoms with Crippen LogP contribution in [0.1, 0.15) is 29.4 Å². The Morgan fingerprint density at radius 2 is 2.00 bits per heavy atom. The van der Waals surface area contributed by atoms with Crippen LogP contribution in [0.3, 0.4) is 0 Å². The van der Waals surface area contributed by atoms with Gasteiger partial charge < -0.3 is 15.5 Å². The van der Waals surface area contributed by atoms with Gasteiger partial charge in [-0.1, -0.05) is 18.2 Å². The zero-order valence-corrected chi connectivity index (χ0v) is 19.2. The van der Waals surface area contributed by atoms with E-state index in [4.69, 9.17) is 0 Å². The molecule has 1 aromatic heterocycles. The van der Waals surface area contributed by atoms with Gasteiger partial charge in [0.25, 0.3) is 0 Å². The van der Waals surface area contributed by atoms with E-state index in [1.165, 1.54) is 22.5 Å². The van der Waals surface area contributed by atoms with Crippen molar-refractivity contribution in [3.8, 4) is 0 Å². The maximum atomic E-state index is 4.47. The third kappa shape index (κ3) is 4.75. The number of nitrogens with zero attached hydrogens (tertiary/aromatic N) is 4. The average molecular weight is 482 g/mol. The number of aryl methyl sites for hydroxylation is 2. The summed E-state index contributed by atoms with van der Waals surface area (Å²) >= 11 is 0. The van der Waals surface area contributed by atoms with Gasteiger partial charge in [-0.25, -0.2) is 0 Å². The summed E-state index contributed by atoms with van der Waals surface area (Å²) < 4.78 is 1.93. The number of para-hydroxylation sites is 1. The van der Waals surface area contributed by atoms with Gasteiger partial charge in [-0.15, -0.1) is 24.0 Å². The van der Waals surface area contributed by atoms with Gasteiger partial charge in [-0.2, -0.15) is 5.10 Å². The van der Waals surface area contributed by atoms with Crippen molar-refractivity contribution < 1.29 is 0 Å². The first kappa shape index (κ1) is 21.5. The molecule has 3 rings (SSSR count). The molecule has 148 valence electrons. The summed E-state index contributed by atoms with van der Waals surface area (Å²) in [7, 11) is 3.79. The first-order valence-corrected chi connectivity index (χ1v) is 9.29. The minimum Gasteiger partial charge on any atom is -0.367 e. The van der Waals surface area contributed by atoms with Crippen LogP contribution in [-0.4, -0.2) is 41.9 Å². The molecule has 7 heteroatoms. The highest BCUT2D eigenvalue weighted by molar-refractivity contribution is 14.0. The molecule has 1 unspecified atom stereocenters. The maximum absolute atomic E-state index is 4.47. The molecule has 0 amide bonds. The van der Waals surface area contributed by atoms with Crippen molar-refractivity contribution in [2.24, 2.45) is 12.0 Å². The molecule has 0 fully saturated rings. The Morgan fingerprint density at radius 1 is 1.26 bits per heavy atom. The molecule has 1 aromatic carbocycles. The number of anilines is 1. The van der Waals surface area contributed by atoms with Crippen LogP contribution in [0.5, 0.6) is 0 Å². The molecule has 2 N–H and O–H groups in total. The minimum atomic E-state index is 0. The Hall–Kier alpha value is -1.77. The van der Waals surface area contributed by atoms with E-state index in [-0.39, 0.29) is 24.0 Å². The first-order valence-electron chi connectivity index (χ1n) is 9.29. The van der Waals surface area contributed by atoms with E-state index in [2.05, 4.69) is 63.7 Å². The van der Waals surface area contributed by atoms with E-state index < -0.39 is 0 Å². The quantitative estimate of drug-likeness (QED) is 0.391. The van der Waals surface area contributed by atoms with Crippen molar-refractivity contribution in [1.82, 2.24) is 20.4 Å². The van der Waals surface area contributed by atoms with Crippen LogP contribution in [0.2, 0.25) is 0 Å². The predicted molar refractivity (Wildman–Crippen MR) is 123 cm³/mol. The second kappa shape index (κ2) is 9.43. The summed E-state index contributed by atoms with van der Waals surface area (Å²) in [4.78, 5) is 6.82. The highest BCUT2D eigenvalue weighted by atomic mass is 127. The van der Waals surface area contributed by atoms with Crippen LogP contribution in [0, 0.1) is 13.8 Å². The fourth-order valence-corrected chi connectivity index (χ4v) is 3.73. The minimum absolute atomic E-state index is 0. The van der Waals surface area contributed by atoms with Gasteiger partial charge in [-0.3, -0.25) is 9.67 Å². The molecule has 27 heavy (non-hydrogen) atoms. The SMILES string of the molecule is CN=C(NCCN1c2ccccc2CC1C)NCc1c(C)nn(C)c1C.I. The van der Waals surface area contributed by atoms with Crippen LogP contribution in [-0.2, 0) is 20.0 Å². The molecule has 0 spiro atoms. The number of benzene rings is 1. The number of guanidine groups is 1. The summed E-state index contributed by atoms with van der Waals surface area (Å²) in [6, 6.07) is 9.25. The molecule has 2 aromatic rings. The summed E-state index contributed by atoms with van der Waals surface area (Å²) in [5.74, 6) is 0.827. The Bertz CT molecular complexity index is 798. The maximum Gasteiger partial charge on any atom is 0.191 e. The molecule has 1 aliphatic rings. The standard InChI is InChI=1S/C20H30N6.HI/c1-14-12-17-8-6-7-9-19(17)26(14)11-10-22-20(21-4)23-13-18-15(2)24-25(5)16(18)3;/h6-9,14H,10-13H2,1-5H3,(H2,21,22,23);1H. The molecule has 1 aliphatic heterocycles. The van der Waals surface area contributed by atoms with Crippen molar-refractivity contribution in [3.05, 3.63) is 46.8 Å². The van der Waals surface area contributed by atoms with Crippen LogP contribution < -0.4 is 15.5 Å². The lowest BCUT2D eigenvalue weighted by Gasteiger charge is -2.25. The third-order valence-electron chi connectivity index (χ3n) is 5.31. The monoisotopic (exact) mass is 482 g/mol. The molecule has 0 radical (unpaired) electrons. The topological polar surface area (TPSA) is 57.5 Å². The van der Waals surface area contributed by atoms with Crippen molar-refractivity contribution in [3.63, 3.8) is 0 Å². The van der Waals surface area contributed by atoms with E-state index in [1.54, 1.807) is 0 Å². The molecular formula is C20H31IN6. The lowest BCUT2D eigenvalue weighted by atomic mass is 10.1. The zero-order valence-electron chi connectivity index (χ0n) is 16.9. The molecule has 0 saturated carbocycles. The van der Waals surface area contributed by atoms with Crippen LogP contribution in [0.15, 0.2) is 29.3 Å². The van der Waals surface area contributed by atoms with E-state index in [0.717, 1.165) is 37.7 Å². The number of nitrogens with one attached hydrogen (secondary N) is 2. The molecule has 0 bridgehead atoms. The molecule has 1 atom stereocenters. The van der Waals surface area contributed by atoms with E-state index in [9.17, 15) is 0 Å². The number of fused-ring (bicyclic) bond motifs is 1. The predicted octanol–water partition coefficient (Wildman–Crippen LogP) is 2.77. The molecule has 0 saturated heterocycles. The second-order valence-corrected chi connectivity index (χ2v) is 7.00. The average Bonchev–Trinajstić information content (AvgIpc) is 3.07. The fourth-order valence-electron chi connectivity index (χ4n) is 3.73. The number of aliphatic imine (C=N–C) groups is 1. The second-order valence-electron chi connectivity index (χ2n) is 7.00. The van der Waals surface area contributed by atoms with Gasteiger partial charge in [-0.05, 0) is 38.8 Å². The summed E-state index contributed by atoms with van der Waals surface area (Å²) in [6.45, 7) is 8.98. The van der Waals surface area contributed by atoms with Gasteiger partial charge in [0.05, 0.1) is 5.69 Å². The molecule has 0 aliphatic carbocycles.